The van der Waals surface area contributed by atoms with Gasteiger partial charge in [0, 0.05) is 16.7 Å². The molecule has 0 fully saturated rings. The Bertz CT molecular complexity index is 509. The zero-order valence-corrected chi connectivity index (χ0v) is 12.1. The van der Waals surface area contributed by atoms with Gasteiger partial charge in [-0.15, -0.1) is 0 Å². The van der Waals surface area contributed by atoms with Crippen molar-refractivity contribution >= 4 is 6.09 Å². The van der Waals surface area contributed by atoms with Crippen molar-refractivity contribution < 1.29 is 18.7 Å². The summed E-state index contributed by atoms with van der Waals surface area (Å²) in [6.07, 6.45) is 1.04. The molecule has 1 aromatic rings. The van der Waals surface area contributed by atoms with Gasteiger partial charge in [0.05, 0.1) is 6.61 Å². The van der Waals surface area contributed by atoms with E-state index in [0.717, 1.165) is 18.4 Å². The summed E-state index contributed by atoms with van der Waals surface area (Å²) in [5.74, 6) is 0.324. The van der Waals surface area contributed by atoms with Crippen molar-refractivity contribution in [2.75, 3.05) is 6.61 Å². The zero-order valence-electron chi connectivity index (χ0n) is 12.1. The molecule has 0 radical (unpaired) electrons. The number of hydrogen-bond acceptors (Lipinski definition) is 3. The Hall–Kier alpha value is -1.78. The highest BCUT2D eigenvalue weighted by Crippen LogP contribution is 2.30. The van der Waals surface area contributed by atoms with Crippen LogP contribution in [0.25, 0.3) is 0 Å². The predicted molar refractivity (Wildman–Crippen MR) is 73.3 cm³/mol. The Morgan fingerprint density at radius 3 is 2.90 bits per heavy atom. The summed E-state index contributed by atoms with van der Waals surface area (Å²) in [4.78, 5) is 11.6. The molecular formula is C15H20FNO3. The van der Waals surface area contributed by atoms with Crippen LogP contribution in [0.2, 0.25) is 0 Å². The smallest absolute Gasteiger partial charge is 0.407 e. The Labute approximate surface area is 118 Å². The lowest BCUT2D eigenvalue weighted by Gasteiger charge is -2.22. The summed E-state index contributed by atoms with van der Waals surface area (Å²) in [7, 11) is 0. The van der Waals surface area contributed by atoms with Gasteiger partial charge in [0.15, 0.2) is 0 Å². The van der Waals surface area contributed by atoms with Crippen LogP contribution in [0.5, 0.6) is 5.75 Å². The highest BCUT2D eigenvalue weighted by Gasteiger charge is 2.20. The van der Waals surface area contributed by atoms with Crippen LogP contribution in [0.1, 0.15) is 38.3 Å². The maximum Gasteiger partial charge on any atom is 0.407 e. The molecule has 2 rings (SSSR count). The molecule has 20 heavy (non-hydrogen) atoms. The van der Waals surface area contributed by atoms with Gasteiger partial charge in [-0.25, -0.2) is 9.18 Å². The standard InChI is InChI=1S/C15H20FNO3/c1-15(2,3)17-14(18)20-9-11-10-5-4-8-19-13(10)7-6-12(11)16/h6-7H,4-5,8-9H2,1-3H3,(H,17,18). The number of benzene rings is 1. The summed E-state index contributed by atoms with van der Waals surface area (Å²) in [5, 5.41) is 2.67. The van der Waals surface area contributed by atoms with Crippen LogP contribution in [-0.4, -0.2) is 18.2 Å². The van der Waals surface area contributed by atoms with Gasteiger partial charge in [0.1, 0.15) is 18.2 Å². The fourth-order valence-corrected chi connectivity index (χ4v) is 2.12. The summed E-state index contributed by atoms with van der Waals surface area (Å²) < 4.78 is 24.5. The second kappa shape index (κ2) is 5.69. The molecule has 0 saturated heterocycles. The van der Waals surface area contributed by atoms with Gasteiger partial charge in [-0.2, -0.15) is 0 Å². The largest absolute Gasteiger partial charge is 0.493 e. The molecule has 0 saturated carbocycles. The highest BCUT2D eigenvalue weighted by atomic mass is 19.1. The summed E-state index contributed by atoms with van der Waals surface area (Å²) >= 11 is 0. The van der Waals surface area contributed by atoms with E-state index in [9.17, 15) is 9.18 Å². The SMILES string of the molecule is CC(C)(C)NC(=O)OCc1c(F)ccc2c1CCCO2. The number of nitrogens with one attached hydrogen (secondary N) is 1. The summed E-state index contributed by atoms with van der Waals surface area (Å²) in [5.41, 5.74) is 0.834. The highest BCUT2D eigenvalue weighted by molar-refractivity contribution is 5.68. The molecule has 1 N–H and O–H groups in total. The minimum absolute atomic E-state index is 0.0831. The van der Waals surface area contributed by atoms with E-state index in [1.54, 1.807) is 6.07 Å². The average molecular weight is 281 g/mol. The number of carbonyl (C=O) groups excluding carboxylic acids is 1. The van der Waals surface area contributed by atoms with E-state index < -0.39 is 6.09 Å². The lowest BCUT2D eigenvalue weighted by molar-refractivity contribution is 0.129. The maximum absolute atomic E-state index is 13.9. The van der Waals surface area contributed by atoms with E-state index in [1.807, 2.05) is 20.8 Å². The Morgan fingerprint density at radius 2 is 2.20 bits per heavy atom. The first kappa shape index (κ1) is 14.6. The minimum atomic E-state index is -0.550. The summed E-state index contributed by atoms with van der Waals surface area (Å²) in [6.45, 7) is 6.12. The fraction of sp³-hybridized carbons (Fsp3) is 0.533. The monoisotopic (exact) mass is 281 g/mol. The van der Waals surface area contributed by atoms with Gasteiger partial charge in [0.2, 0.25) is 0 Å². The van der Waals surface area contributed by atoms with Crippen LogP contribution in [-0.2, 0) is 17.8 Å². The molecule has 0 bridgehead atoms. The number of fused-ring (bicyclic) bond motifs is 1. The number of carbonyl (C=O) groups is 1. The predicted octanol–water partition coefficient (Wildman–Crippen LogP) is 3.18. The first-order valence-electron chi connectivity index (χ1n) is 6.75. The van der Waals surface area contributed by atoms with Crippen LogP contribution < -0.4 is 10.1 Å². The Balaban J connectivity index is 2.08. The molecule has 1 aliphatic heterocycles. The van der Waals surface area contributed by atoms with Gasteiger partial charge < -0.3 is 14.8 Å². The van der Waals surface area contributed by atoms with Gasteiger partial charge in [-0.3, -0.25) is 0 Å². The number of halogens is 1. The average Bonchev–Trinajstić information content (AvgIpc) is 2.35. The molecule has 110 valence electrons. The molecule has 0 atom stereocenters. The van der Waals surface area contributed by atoms with Crippen molar-refractivity contribution in [2.24, 2.45) is 0 Å². The van der Waals surface area contributed by atoms with Crippen LogP contribution in [0.3, 0.4) is 0 Å². The van der Waals surface area contributed by atoms with Crippen LogP contribution in [0.15, 0.2) is 12.1 Å². The van der Waals surface area contributed by atoms with Crippen LogP contribution in [0, 0.1) is 5.82 Å². The zero-order chi connectivity index (χ0) is 14.8. The molecule has 1 aromatic carbocycles. The number of alkyl carbamates (subject to hydrolysis) is 1. The first-order valence-corrected chi connectivity index (χ1v) is 6.75. The lowest BCUT2D eigenvalue weighted by Crippen LogP contribution is -2.40. The topological polar surface area (TPSA) is 47.6 Å². The second-order valence-electron chi connectivity index (χ2n) is 5.91. The molecular weight excluding hydrogens is 261 g/mol. The van der Waals surface area contributed by atoms with Crippen molar-refractivity contribution in [1.82, 2.24) is 5.32 Å². The fourth-order valence-electron chi connectivity index (χ4n) is 2.12. The first-order chi connectivity index (χ1) is 9.37. The van der Waals surface area contributed by atoms with Crippen molar-refractivity contribution in [1.29, 1.82) is 0 Å². The number of rotatable bonds is 2. The van der Waals surface area contributed by atoms with E-state index in [0.29, 0.717) is 17.9 Å². The van der Waals surface area contributed by atoms with Crippen molar-refractivity contribution in [2.45, 2.75) is 45.8 Å². The molecule has 4 nitrogen and oxygen atoms in total. The molecule has 0 unspecified atom stereocenters. The van der Waals surface area contributed by atoms with Gasteiger partial charge in [-0.1, -0.05) is 0 Å². The number of ether oxygens (including phenoxy) is 2. The molecule has 1 amide bonds. The molecule has 0 spiro atoms. The molecule has 5 heteroatoms. The maximum atomic E-state index is 13.9. The molecule has 1 aliphatic rings. The number of hydrogen-bond donors (Lipinski definition) is 1. The third-order valence-corrected chi connectivity index (χ3v) is 2.98. The quantitative estimate of drug-likeness (QED) is 0.905. The van der Waals surface area contributed by atoms with Crippen molar-refractivity contribution in [3.63, 3.8) is 0 Å². The molecule has 0 aliphatic carbocycles. The summed E-state index contributed by atoms with van der Waals surface area (Å²) in [6, 6.07) is 2.98. The van der Waals surface area contributed by atoms with E-state index in [4.69, 9.17) is 9.47 Å². The van der Waals surface area contributed by atoms with Crippen LogP contribution >= 0.6 is 0 Å². The Morgan fingerprint density at radius 1 is 1.45 bits per heavy atom. The van der Waals surface area contributed by atoms with Gasteiger partial charge >= 0.3 is 6.09 Å². The molecule has 1 heterocycles. The Kier molecular flexibility index (Phi) is 4.16. The third kappa shape index (κ3) is 3.62. The lowest BCUT2D eigenvalue weighted by atomic mass is 10.00. The van der Waals surface area contributed by atoms with Gasteiger partial charge in [0.25, 0.3) is 0 Å². The van der Waals surface area contributed by atoms with E-state index in [1.165, 1.54) is 6.07 Å². The van der Waals surface area contributed by atoms with Gasteiger partial charge in [-0.05, 0) is 45.7 Å². The van der Waals surface area contributed by atoms with E-state index in [-0.39, 0.29) is 18.0 Å². The molecule has 0 aromatic heterocycles. The van der Waals surface area contributed by atoms with E-state index in [2.05, 4.69) is 5.32 Å². The van der Waals surface area contributed by atoms with Crippen LogP contribution in [0.4, 0.5) is 9.18 Å². The second-order valence-corrected chi connectivity index (χ2v) is 5.91. The minimum Gasteiger partial charge on any atom is -0.493 e. The normalized spacial score (nSPS) is 14.2. The third-order valence-electron chi connectivity index (χ3n) is 2.98. The number of amides is 1. The van der Waals surface area contributed by atoms with Crippen molar-refractivity contribution in [3.05, 3.63) is 29.1 Å². The van der Waals surface area contributed by atoms with E-state index >= 15 is 0 Å². The van der Waals surface area contributed by atoms with Crippen molar-refractivity contribution in [3.8, 4) is 5.75 Å².